The maximum absolute atomic E-state index is 13.2. The Morgan fingerprint density at radius 2 is 1.65 bits per heavy atom. The third-order valence-corrected chi connectivity index (χ3v) is 7.93. The van der Waals surface area contributed by atoms with Gasteiger partial charge in [0.25, 0.3) is 5.91 Å². The van der Waals surface area contributed by atoms with Crippen molar-refractivity contribution in [3.63, 3.8) is 0 Å². The summed E-state index contributed by atoms with van der Waals surface area (Å²) in [6.45, 7) is 4.34. The van der Waals surface area contributed by atoms with Gasteiger partial charge in [-0.1, -0.05) is 49.4 Å². The number of nitrogens with one attached hydrogen (secondary N) is 2. The minimum absolute atomic E-state index is 0.000222. The van der Waals surface area contributed by atoms with Crippen molar-refractivity contribution in [3.8, 4) is 11.1 Å². The van der Waals surface area contributed by atoms with Crippen LogP contribution in [0.3, 0.4) is 0 Å². The normalized spacial score (nSPS) is 13.3. The fourth-order valence-electron chi connectivity index (χ4n) is 4.64. The second-order valence-electron chi connectivity index (χ2n) is 9.41. The molecule has 0 aliphatic carbocycles. The molecule has 3 N–H and O–H groups in total. The fraction of sp³-hybridized carbons (Fsp3) is 0.276. The predicted octanol–water partition coefficient (Wildman–Crippen LogP) is 4.48. The van der Waals surface area contributed by atoms with E-state index in [-0.39, 0.29) is 30.7 Å². The Morgan fingerprint density at radius 3 is 2.33 bits per heavy atom. The Labute approximate surface area is 235 Å². The van der Waals surface area contributed by atoms with Crippen LogP contribution in [0.2, 0.25) is 0 Å². The number of hydrogen-bond acceptors (Lipinski definition) is 7. The lowest BCUT2D eigenvalue weighted by Gasteiger charge is -2.35. The smallest absolute Gasteiger partial charge is 0.404 e. The van der Waals surface area contributed by atoms with Crippen LogP contribution in [-0.2, 0) is 11.2 Å². The summed E-state index contributed by atoms with van der Waals surface area (Å²) in [5.41, 5.74) is 2.83. The molecule has 11 heteroatoms. The summed E-state index contributed by atoms with van der Waals surface area (Å²) in [5, 5.41) is 14.5. The van der Waals surface area contributed by atoms with Gasteiger partial charge in [0.15, 0.2) is 0 Å². The summed E-state index contributed by atoms with van der Waals surface area (Å²) < 4.78 is 0. The number of aromatic nitrogens is 2. The van der Waals surface area contributed by atoms with E-state index in [2.05, 4.69) is 38.5 Å². The third kappa shape index (κ3) is 6.20. The predicted molar refractivity (Wildman–Crippen MR) is 156 cm³/mol. The summed E-state index contributed by atoms with van der Waals surface area (Å²) >= 11 is 1.56. The van der Waals surface area contributed by atoms with Gasteiger partial charge in [-0.3, -0.25) is 14.9 Å². The molecule has 2 aromatic heterocycles. The van der Waals surface area contributed by atoms with Gasteiger partial charge in [-0.2, -0.15) is 4.98 Å². The van der Waals surface area contributed by atoms with E-state index in [1.165, 1.54) is 0 Å². The van der Waals surface area contributed by atoms with E-state index in [1.54, 1.807) is 11.3 Å². The van der Waals surface area contributed by atoms with Crippen LogP contribution < -0.4 is 15.5 Å². The molecule has 1 aliphatic heterocycles. The summed E-state index contributed by atoms with van der Waals surface area (Å²) in [6.07, 6.45) is -0.352. The van der Waals surface area contributed by atoms with Crippen molar-refractivity contribution in [3.05, 3.63) is 71.1 Å². The molecule has 1 saturated heterocycles. The topological polar surface area (TPSA) is 128 Å². The molecule has 40 heavy (non-hydrogen) atoms. The van der Waals surface area contributed by atoms with Crippen LogP contribution in [0, 0.1) is 0 Å². The van der Waals surface area contributed by atoms with Crippen LogP contribution in [0.15, 0.2) is 60.7 Å². The SMILES string of the molecule is CCc1cc2c(N3CCN(C(=O)c4ccc(-c5ccccc5)cc4)CC3)nc(NC(=O)CCNC(=O)O)nc2s1. The summed E-state index contributed by atoms with van der Waals surface area (Å²) in [6, 6.07) is 19.9. The molecule has 0 unspecified atom stereocenters. The number of carboxylic acid groups (broad SMARTS) is 1. The number of aryl methyl sites for hydroxylation is 1. The quantitative estimate of drug-likeness (QED) is 0.291. The van der Waals surface area contributed by atoms with Crippen LogP contribution in [-0.4, -0.2) is 70.6 Å². The molecule has 1 fully saturated rings. The lowest BCUT2D eigenvalue weighted by Crippen LogP contribution is -2.49. The molecule has 1 aliphatic rings. The fourth-order valence-corrected chi connectivity index (χ4v) is 5.60. The zero-order chi connectivity index (χ0) is 28.1. The number of fused-ring (bicyclic) bond motifs is 1. The molecule has 10 nitrogen and oxygen atoms in total. The molecule has 206 valence electrons. The van der Waals surface area contributed by atoms with Crippen molar-refractivity contribution < 1.29 is 19.5 Å². The van der Waals surface area contributed by atoms with E-state index in [4.69, 9.17) is 5.11 Å². The molecule has 5 rings (SSSR count). The maximum Gasteiger partial charge on any atom is 0.404 e. The molecule has 0 spiro atoms. The summed E-state index contributed by atoms with van der Waals surface area (Å²) in [7, 11) is 0. The van der Waals surface area contributed by atoms with Crippen molar-refractivity contribution in [2.75, 3.05) is 42.9 Å². The zero-order valence-corrected chi connectivity index (χ0v) is 22.9. The van der Waals surface area contributed by atoms with E-state index in [0.29, 0.717) is 31.7 Å². The summed E-state index contributed by atoms with van der Waals surface area (Å²) in [4.78, 5) is 51.4. The lowest BCUT2D eigenvalue weighted by atomic mass is 10.0. The average molecular weight is 559 g/mol. The minimum atomic E-state index is -1.18. The first-order valence-corrected chi connectivity index (χ1v) is 14.0. The van der Waals surface area contributed by atoms with Crippen molar-refractivity contribution >= 4 is 51.2 Å². The second-order valence-corrected chi connectivity index (χ2v) is 10.5. The number of piperazine rings is 1. The van der Waals surface area contributed by atoms with Gasteiger partial charge in [0.1, 0.15) is 10.6 Å². The van der Waals surface area contributed by atoms with E-state index >= 15 is 0 Å². The van der Waals surface area contributed by atoms with Gasteiger partial charge in [0.2, 0.25) is 11.9 Å². The number of carbonyl (C=O) groups excluding carboxylic acids is 2. The molecule has 3 heterocycles. The Kier molecular flexibility index (Phi) is 8.20. The van der Waals surface area contributed by atoms with Crippen molar-refractivity contribution in [2.45, 2.75) is 19.8 Å². The van der Waals surface area contributed by atoms with Gasteiger partial charge in [0.05, 0.1) is 5.39 Å². The number of nitrogens with zero attached hydrogens (tertiary/aromatic N) is 4. The molecule has 0 bridgehead atoms. The van der Waals surface area contributed by atoms with Gasteiger partial charge in [-0.15, -0.1) is 11.3 Å². The number of rotatable bonds is 8. The molecular formula is C29H30N6O4S. The molecule has 0 atom stereocenters. The largest absolute Gasteiger partial charge is 0.465 e. The van der Waals surface area contributed by atoms with Crippen molar-refractivity contribution in [2.24, 2.45) is 0 Å². The number of hydrogen-bond donors (Lipinski definition) is 3. The Morgan fingerprint density at radius 1 is 0.950 bits per heavy atom. The highest BCUT2D eigenvalue weighted by atomic mass is 32.1. The number of thiophene rings is 1. The van der Waals surface area contributed by atoms with E-state index in [1.807, 2.05) is 59.5 Å². The van der Waals surface area contributed by atoms with E-state index in [0.717, 1.165) is 38.5 Å². The number of benzene rings is 2. The highest BCUT2D eigenvalue weighted by molar-refractivity contribution is 7.18. The highest BCUT2D eigenvalue weighted by Gasteiger charge is 2.25. The highest BCUT2D eigenvalue weighted by Crippen LogP contribution is 2.33. The van der Waals surface area contributed by atoms with Gasteiger partial charge in [-0.25, -0.2) is 9.78 Å². The van der Waals surface area contributed by atoms with Crippen LogP contribution in [0.5, 0.6) is 0 Å². The Balaban J connectivity index is 1.28. The monoisotopic (exact) mass is 558 g/mol. The number of amides is 3. The summed E-state index contributed by atoms with van der Waals surface area (Å²) in [5.74, 6) is 0.530. The van der Waals surface area contributed by atoms with Gasteiger partial charge in [0, 0.05) is 49.6 Å². The van der Waals surface area contributed by atoms with Gasteiger partial charge >= 0.3 is 6.09 Å². The molecule has 4 aromatic rings. The standard InChI is InChI=1S/C29H30N6O4S/c1-2-22-18-23-25(32-28(33-26(23)40-22)31-24(36)12-13-30-29(38)39)34-14-16-35(17-15-34)27(37)21-10-8-20(9-11-21)19-6-4-3-5-7-19/h3-11,18,30H,2,12-17H2,1H3,(H,38,39)(H,31,32,33,36). The number of anilines is 2. The average Bonchev–Trinajstić information content (AvgIpc) is 3.40. The van der Waals surface area contributed by atoms with E-state index < -0.39 is 6.09 Å². The van der Waals surface area contributed by atoms with Crippen LogP contribution >= 0.6 is 11.3 Å². The molecule has 0 saturated carbocycles. The molecule has 2 aromatic carbocycles. The Bertz CT molecular complexity index is 1520. The second kappa shape index (κ2) is 12.1. The van der Waals surface area contributed by atoms with Crippen molar-refractivity contribution in [1.82, 2.24) is 20.2 Å². The first-order chi connectivity index (χ1) is 19.4. The molecular weight excluding hydrogens is 528 g/mol. The van der Waals surface area contributed by atoms with Crippen LogP contribution in [0.25, 0.3) is 21.3 Å². The van der Waals surface area contributed by atoms with Crippen LogP contribution in [0.1, 0.15) is 28.6 Å². The molecule has 0 radical (unpaired) electrons. The molecule has 3 amide bonds. The Hall–Kier alpha value is -4.51. The number of carbonyl (C=O) groups is 3. The minimum Gasteiger partial charge on any atom is -0.465 e. The van der Waals surface area contributed by atoms with Crippen molar-refractivity contribution in [1.29, 1.82) is 0 Å². The van der Waals surface area contributed by atoms with E-state index in [9.17, 15) is 14.4 Å². The van der Waals surface area contributed by atoms with Gasteiger partial charge in [-0.05, 0) is 35.7 Å². The first kappa shape index (κ1) is 27.1. The van der Waals surface area contributed by atoms with Gasteiger partial charge < -0.3 is 20.2 Å². The first-order valence-electron chi connectivity index (χ1n) is 13.2. The maximum atomic E-state index is 13.2. The van der Waals surface area contributed by atoms with Crippen LogP contribution in [0.4, 0.5) is 16.6 Å². The third-order valence-electron chi connectivity index (χ3n) is 6.76. The lowest BCUT2D eigenvalue weighted by molar-refractivity contribution is -0.116. The zero-order valence-electron chi connectivity index (χ0n) is 22.1.